The minimum atomic E-state index is -0.754. The Morgan fingerprint density at radius 1 is 1.06 bits per heavy atom. The van der Waals surface area contributed by atoms with E-state index < -0.39 is 35.3 Å². The molecule has 190 valence electrons. The van der Waals surface area contributed by atoms with Crippen molar-refractivity contribution in [1.82, 2.24) is 19.8 Å². The number of amides is 3. The third-order valence-electron chi connectivity index (χ3n) is 5.34. The maximum atomic E-state index is 13.1. The minimum Gasteiger partial charge on any atom is -0.444 e. The monoisotopic (exact) mass is 506 g/mol. The molecule has 11 nitrogen and oxygen atoms in total. The van der Waals surface area contributed by atoms with Gasteiger partial charge in [-0.3, -0.25) is 4.79 Å². The summed E-state index contributed by atoms with van der Waals surface area (Å²) in [5.41, 5.74) is -0.801. The van der Waals surface area contributed by atoms with Gasteiger partial charge in [0.1, 0.15) is 22.7 Å². The van der Waals surface area contributed by atoms with Gasteiger partial charge >= 0.3 is 12.2 Å². The van der Waals surface area contributed by atoms with Crippen LogP contribution in [0.5, 0.6) is 0 Å². The SMILES string of the molecule is CC(C)(C)OC(=O)N1CCc2c(nc(Cl)nc2N2CCN(C(=O)OC(C)(C)C)[C@@H](CC#N)C2)C1=O. The first-order valence-electron chi connectivity index (χ1n) is 11.4. The van der Waals surface area contributed by atoms with Gasteiger partial charge in [0.05, 0.1) is 18.5 Å². The smallest absolute Gasteiger partial charge is 0.417 e. The first-order valence-corrected chi connectivity index (χ1v) is 11.8. The van der Waals surface area contributed by atoms with Gasteiger partial charge in [-0.1, -0.05) is 0 Å². The lowest BCUT2D eigenvalue weighted by molar-refractivity contribution is 0.0143. The van der Waals surface area contributed by atoms with Gasteiger partial charge in [0, 0.05) is 31.7 Å². The van der Waals surface area contributed by atoms with E-state index >= 15 is 0 Å². The molecule has 2 aliphatic rings. The van der Waals surface area contributed by atoms with Crippen LogP contribution in [0, 0.1) is 11.3 Å². The van der Waals surface area contributed by atoms with Gasteiger partial charge in [-0.05, 0) is 59.6 Å². The molecular formula is C23H31ClN6O5. The minimum absolute atomic E-state index is 0.0449. The van der Waals surface area contributed by atoms with Crippen molar-refractivity contribution in [3.63, 3.8) is 0 Å². The van der Waals surface area contributed by atoms with Crippen molar-refractivity contribution in [1.29, 1.82) is 5.26 Å². The fourth-order valence-electron chi connectivity index (χ4n) is 3.95. The number of imide groups is 1. The predicted molar refractivity (Wildman–Crippen MR) is 127 cm³/mol. The molecule has 0 aliphatic carbocycles. The molecule has 1 atom stereocenters. The fraction of sp³-hybridized carbons (Fsp3) is 0.652. The summed E-state index contributed by atoms with van der Waals surface area (Å²) >= 11 is 6.18. The van der Waals surface area contributed by atoms with Crippen molar-refractivity contribution in [3.8, 4) is 6.07 Å². The molecule has 0 radical (unpaired) electrons. The quantitative estimate of drug-likeness (QED) is 0.554. The number of hydrogen-bond donors (Lipinski definition) is 0. The van der Waals surface area contributed by atoms with Crippen molar-refractivity contribution in [2.24, 2.45) is 0 Å². The molecular weight excluding hydrogens is 476 g/mol. The van der Waals surface area contributed by atoms with Gasteiger partial charge in [0.2, 0.25) is 5.28 Å². The van der Waals surface area contributed by atoms with E-state index in [9.17, 15) is 19.6 Å². The molecule has 1 saturated heterocycles. The molecule has 0 N–H and O–H groups in total. The second-order valence-corrected chi connectivity index (χ2v) is 10.8. The van der Waals surface area contributed by atoms with Crippen LogP contribution in [0.25, 0.3) is 0 Å². The molecule has 3 rings (SSSR count). The normalized spacial score (nSPS) is 18.6. The van der Waals surface area contributed by atoms with E-state index in [0.29, 0.717) is 37.4 Å². The summed E-state index contributed by atoms with van der Waals surface area (Å²) in [5, 5.41) is 9.22. The van der Waals surface area contributed by atoms with E-state index in [-0.39, 0.29) is 23.9 Å². The van der Waals surface area contributed by atoms with Crippen molar-refractivity contribution in [2.45, 2.75) is 71.6 Å². The Morgan fingerprint density at radius 2 is 1.69 bits per heavy atom. The molecule has 35 heavy (non-hydrogen) atoms. The number of nitrogens with zero attached hydrogens (tertiary/aromatic N) is 6. The number of anilines is 1. The second kappa shape index (κ2) is 9.85. The second-order valence-electron chi connectivity index (χ2n) is 10.5. The molecule has 1 aromatic rings. The molecule has 3 heterocycles. The van der Waals surface area contributed by atoms with E-state index in [2.05, 4.69) is 16.0 Å². The zero-order valence-electron chi connectivity index (χ0n) is 20.9. The average Bonchev–Trinajstić information content (AvgIpc) is 2.71. The summed E-state index contributed by atoms with van der Waals surface area (Å²) in [7, 11) is 0. The molecule has 0 unspecified atom stereocenters. The van der Waals surface area contributed by atoms with Crippen LogP contribution < -0.4 is 4.90 Å². The number of nitriles is 1. The number of carbonyl (C=O) groups excluding carboxylic acids is 3. The Kier molecular flexibility index (Phi) is 7.45. The molecule has 0 bridgehead atoms. The maximum absolute atomic E-state index is 13.1. The Hall–Kier alpha value is -3.13. The maximum Gasteiger partial charge on any atom is 0.417 e. The lowest BCUT2D eigenvalue weighted by atomic mass is 10.0. The fourth-order valence-corrected chi connectivity index (χ4v) is 4.11. The first-order chi connectivity index (χ1) is 16.2. The Labute approximate surface area is 209 Å². The van der Waals surface area contributed by atoms with Gasteiger partial charge in [0.25, 0.3) is 5.91 Å². The number of piperazine rings is 1. The molecule has 2 aliphatic heterocycles. The summed E-state index contributed by atoms with van der Waals surface area (Å²) in [4.78, 5) is 51.3. The lowest BCUT2D eigenvalue weighted by Gasteiger charge is -2.42. The molecule has 3 amide bonds. The van der Waals surface area contributed by atoms with E-state index in [0.717, 1.165) is 4.90 Å². The topological polar surface area (TPSA) is 129 Å². The van der Waals surface area contributed by atoms with Crippen LogP contribution in [0.2, 0.25) is 5.28 Å². The highest BCUT2D eigenvalue weighted by Crippen LogP contribution is 2.31. The van der Waals surface area contributed by atoms with Crippen molar-refractivity contribution >= 4 is 35.5 Å². The highest BCUT2D eigenvalue weighted by molar-refractivity contribution is 6.28. The largest absolute Gasteiger partial charge is 0.444 e. The van der Waals surface area contributed by atoms with Crippen molar-refractivity contribution in [3.05, 3.63) is 16.5 Å². The lowest BCUT2D eigenvalue weighted by Crippen LogP contribution is -2.56. The highest BCUT2D eigenvalue weighted by atomic mass is 35.5. The number of carbonyl (C=O) groups is 3. The summed E-state index contributed by atoms with van der Waals surface area (Å²) < 4.78 is 10.9. The Bertz CT molecular complexity index is 1060. The average molecular weight is 507 g/mol. The Morgan fingerprint density at radius 3 is 2.29 bits per heavy atom. The third kappa shape index (κ3) is 6.31. The molecule has 1 fully saturated rings. The van der Waals surface area contributed by atoms with Crippen LogP contribution in [0.1, 0.15) is 64.0 Å². The standard InChI is InChI=1S/C23H31ClN6O5/c1-22(2,3)34-20(32)29-12-11-28(13-14(29)7-9-25)17-15-8-10-30(21(33)35-23(4,5)6)18(31)16(15)26-19(24)27-17/h14H,7-8,10-13H2,1-6H3/t14-/m0/s1. The van der Waals surface area contributed by atoms with Crippen LogP contribution in [-0.4, -0.2) is 81.3 Å². The molecule has 0 saturated carbocycles. The number of rotatable bonds is 2. The summed E-state index contributed by atoms with van der Waals surface area (Å²) in [5.74, 6) is -0.143. The number of ether oxygens (including phenoxy) is 2. The van der Waals surface area contributed by atoms with E-state index in [1.54, 1.807) is 46.4 Å². The third-order valence-corrected chi connectivity index (χ3v) is 5.51. The van der Waals surface area contributed by atoms with Crippen LogP contribution in [0.3, 0.4) is 0 Å². The van der Waals surface area contributed by atoms with E-state index in [4.69, 9.17) is 21.1 Å². The number of fused-ring (bicyclic) bond motifs is 1. The van der Waals surface area contributed by atoms with Crippen LogP contribution in [0.15, 0.2) is 0 Å². The number of halogens is 1. The molecule has 0 aromatic carbocycles. The van der Waals surface area contributed by atoms with Crippen molar-refractivity contribution in [2.75, 3.05) is 31.1 Å². The van der Waals surface area contributed by atoms with Gasteiger partial charge in [-0.25, -0.2) is 24.5 Å². The summed E-state index contributed by atoms with van der Waals surface area (Å²) in [6.07, 6.45) is -0.808. The number of aromatic nitrogens is 2. The Balaban J connectivity index is 1.86. The van der Waals surface area contributed by atoms with Gasteiger partial charge in [-0.15, -0.1) is 0 Å². The predicted octanol–water partition coefficient (Wildman–Crippen LogP) is 3.40. The van der Waals surface area contributed by atoms with Gasteiger partial charge in [-0.2, -0.15) is 5.26 Å². The van der Waals surface area contributed by atoms with Crippen LogP contribution in [0.4, 0.5) is 15.4 Å². The molecule has 12 heteroatoms. The summed E-state index contributed by atoms with van der Waals surface area (Å²) in [6.45, 7) is 11.6. The van der Waals surface area contributed by atoms with E-state index in [1.165, 1.54) is 0 Å². The molecule has 0 spiro atoms. The molecule has 1 aromatic heterocycles. The zero-order valence-corrected chi connectivity index (χ0v) is 21.7. The van der Waals surface area contributed by atoms with Crippen LogP contribution in [-0.2, 0) is 15.9 Å². The van der Waals surface area contributed by atoms with Crippen LogP contribution >= 0.6 is 11.6 Å². The van der Waals surface area contributed by atoms with Gasteiger partial charge in [0.15, 0.2) is 0 Å². The zero-order chi connectivity index (χ0) is 26.1. The van der Waals surface area contributed by atoms with Gasteiger partial charge < -0.3 is 19.3 Å². The summed E-state index contributed by atoms with van der Waals surface area (Å²) in [6, 6.07) is 1.69. The van der Waals surface area contributed by atoms with Crippen molar-refractivity contribution < 1.29 is 23.9 Å². The highest BCUT2D eigenvalue weighted by Gasteiger charge is 2.39. The number of hydrogen-bond acceptors (Lipinski definition) is 9. The first kappa shape index (κ1) is 26.5. The van der Waals surface area contributed by atoms with E-state index in [1.807, 2.05) is 4.90 Å².